The summed E-state index contributed by atoms with van der Waals surface area (Å²) in [7, 11) is 0. The predicted octanol–water partition coefficient (Wildman–Crippen LogP) is 2.89. The maximum Gasteiger partial charge on any atom is 0.136 e. The SMILES string of the molecule is CC(C=O)N1CCCC(=Cc2cccc(F)c2)C1. The second kappa shape index (κ2) is 5.91. The summed E-state index contributed by atoms with van der Waals surface area (Å²) in [6.07, 6.45) is 5.09. The van der Waals surface area contributed by atoms with E-state index in [2.05, 4.69) is 4.90 Å². The molecule has 96 valence electrons. The summed E-state index contributed by atoms with van der Waals surface area (Å²) in [6.45, 7) is 3.68. The Labute approximate surface area is 107 Å². The summed E-state index contributed by atoms with van der Waals surface area (Å²) in [5.74, 6) is -0.210. The third-order valence-electron chi connectivity index (χ3n) is 3.34. The average Bonchev–Trinajstić information content (AvgIpc) is 2.38. The Morgan fingerprint density at radius 3 is 3.00 bits per heavy atom. The summed E-state index contributed by atoms with van der Waals surface area (Å²) >= 11 is 0. The smallest absolute Gasteiger partial charge is 0.136 e. The molecule has 0 spiro atoms. The Morgan fingerprint density at radius 2 is 2.28 bits per heavy atom. The van der Waals surface area contributed by atoms with Crippen LogP contribution in [0.5, 0.6) is 0 Å². The molecular weight excluding hydrogens is 229 g/mol. The topological polar surface area (TPSA) is 20.3 Å². The summed E-state index contributed by atoms with van der Waals surface area (Å²) in [5.41, 5.74) is 2.16. The van der Waals surface area contributed by atoms with Gasteiger partial charge in [-0.1, -0.05) is 23.8 Å². The first-order valence-electron chi connectivity index (χ1n) is 6.33. The molecule has 0 aromatic heterocycles. The molecule has 1 unspecified atom stereocenters. The third-order valence-corrected chi connectivity index (χ3v) is 3.34. The van der Waals surface area contributed by atoms with Crippen molar-refractivity contribution in [1.29, 1.82) is 0 Å². The number of rotatable bonds is 3. The minimum Gasteiger partial charge on any atom is -0.302 e. The molecule has 1 heterocycles. The lowest BCUT2D eigenvalue weighted by atomic mass is 10.0. The monoisotopic (exact) mass is 247 g/mol. The molecule has 1 saturated heterocycles. The molecule has 3 heteroatoms. The summed E-state index contributed by atoms with van der Waals surface area (Å²) in [4.78, 5) is 13.0. The zero-order valence-corrected chi connectivity index (χ0v) is 10.6. The normalized spacial score (nSPS) is 20.9. The second-order valence-corrected chi connectivity index (χ2v) is 4.81. The van der Waals surface area contributed by atoms with Crippen molar-refractivity contribution in [2.45, 2.75) is 25.8 Å². The highest BCUT2D eigenvalue weighted by Crippen LogP contribution is 2.20. The molecule has 1 aliphatic rings. The van der Waals surface area contributed by atoms with Gasteiger partial charge >= 0.3 is 0 Å². The molecule has 0 amide bonds. The van der Waals surface area contributed by atoms with Crippen LogP contribution in [-0.2, 0) is 4.79 Å². The van der Waals surface area contributed by atoms with Crippen molar-refractivity contribution in [2.24, 2.45) is 0 Å². The van der Waals surface area contributed by atoms with E-state index in [1.165, 1.54) is 17.7 Å². The minimum atomic E-state index is -0.210. The number of aldehydes is 1. The fourth-order valence-electron chi connectivity index (χ4n) is 2.31. The maximum atomic E-state index is 13.1. The van der Waals surface area contributed by atoms with Gasteiger partial charge in [0, 0.05) is 6.54 Å². The number of hydrogen-bond acceptors (Lipinski definition) is 2. The number of carbonyl (C=O) groups excluding carboxylic acids is 1. The van der Waals surface area contributed by atoms with Crippen LogP contribution < -0.4 is 0 Å². The Hall–Kier alpha value is -1.48. The Kier molecular flexibility index (Phi) is 4.26. The lowest BCUT2D eigenvalue weighted by molar-refractivity contribution is -0.111. The standard InChI is InChI=1S/C15H18FNO/c1-12(11-18)17-7-3-5-14(10-17)8-13-4-2-6-15(16)9-13/h2,4,6,8-9,11-12H,3,5,7,10H2,1H3. The molecule has 0 N–H and O–H groups in total. The van der Waals surface area contributed by atoms with Crippen molar-refractivity contribution in [3.63, 3.8) is 0 Å². The number of carbonyl (C=O) groups is 1. The zero-order chi connectivity index (χ0) is 13.0. The van der Waals surface area contributed by atoms with Crippen molar-refractivity contribution in [3.8, 4) is 0 Å². The van der Waals surface area contributed by atoms with Gasteiger partial charge in [0.2, 0.25) is 0 Å². The van der Waals surface area contributed by atoms with Gasteiger partial charge in [-0.05, 0) is 44.0 Å². The van der Waals surface area contributed by atoms with Gasteiger partial charge in [-0.2, -0.15) is 0 Å². The van der Waals surface area contributed by atoms with E-state index in [-0.39, 0.29) is 11.9 Å². The molecule has 0 radical (unpaired) electrons. The van der Waals surface area contributed by atoms with E-state index in [0.717, 1.165) is 37.8 Å². The number of piperidine rings is 1. The zero-order valence-electron chi connectivity index (χ0n) is 10.6. The second-order valence-electron chi connectivity index (χ2n) is 4.81. The van der Waals surface area contributed by atoms with Crippen molar-refractivity contribution in [1.82, 2.24) is 4.90 Å². The van der Waals surface area contributed by atoms with Crippen molar-refractivity contribution < 1.29 is 9.18 Å². The van der Waals surface area contributed by atoms with Crippen LogP contribution in [0.3, 0.4) is 0 Å². The molecule has 18 heavy (non-hydrogen) atoms. The molecule has 1 aromatic rings. The van der Waals surface area contributed by atoms with Gasteiger partial charge in [0.1, 0.15) is 12.1 Å². The van der Waals surface area contributed by atoms with Crippen LogP contribution in [0.4, 0.5) is 4.39 Å². The molecule has 0 saturated carbocycles. The molecule has 1 aromatic carbocycles. The van der Waals surface area contributed by atoms with Crippen LogP contribution in [0, 0.1) is 5.82 Å². The molecule has 0 aliphatic carbocycles. The number of hydrogen-bond donors (Lipinski definition) is 0. The number of likely N-dealkylation sites (tertiary alicyclic amines) is 1. The Morgan fingerprint density at radius 1 is 1.44 bits per heavy atom. The van der Waals surface area contributed by atoms with Crippen LogP contribution in [0.15, 0.2) is 29.8 Å². The molecule has 1 aliphatic heterocycles. The van der Waals surface area contributed by atoms with Crippen molar-refractivity contribution >= 4 is 12.4 Å². The van der Waals surface area contributed by atoms with Crippen molar-refractivity contribution in [2.75, 3.05) is 13.1 Å². The Balaban J connectivity index is 2.11. The van der Waals surface area contributed by atoms with Crippen LogP contribution in [0.1, 0.15) is 25.3 Å². The van der Waals surface area contributed by atoms with Crippen LogP contribution in [0.2, 0.25) is 0 Å². The number of halogens is 1. The van der Waals surface area contributed by atoms with E-state index in [1.807, 2.05) is 19.1 Å². The fraction of sp³-hybridized carbons (Fsp3) is 0.400. The highest BCUT2D eigenvalue weighted by Gasteiger charge is 2.18. The van der Waals surface area contributed by atoms with Gasteiger partial charge < -0.3 is 4.79 Å². The number of benzene rings is 1. The third kappa shape index (κ3) is 3.26. The lowest BCUT2D eigenvalue weighted by Crippen LogP contribution is -2.39. The maximum absolute atomic E-state index is 13.1. The van der Waals surface area contributed by atoms with E-state index in [4.69, 9.17) is 0 Å². The van der Waals surface area contributed by atoms with Crippen LogP contribution >= 0.6 is 0 Å². The van der Waals surface area contributed by atoms with Gasteiger partial charge in [0.05, 0.1) is 6.04 Å². The van der Waals surface area contributed by atoms with E-state index in [9.17, 15) is 9.18 Å². The quantitative estimate of drug-likeness (QED) is 0.765. The van der Waals surface area contributed by atoms with E-state index < -0.39 is 0 Å². The highest BCUT2D eigenvalue weighted by molar-refractivity contribution is 5.58. The van der Waals surface area contributed by atoms with E-state index in [1.54, 1.807) is 6.07 Å². The number of nitrogens with zero attached hydrogens (tertiary/aromatic N) is 1. The first kappa shape index (κ1) is 13.0. The summed E-state index contributed by atoms with van der Waals surface area (Å²) in [5, 5.41) is 0. The molecule has 2 rings (SSSR count). The van der Waals surface area contributed by atoms with Crippen LogP contribution in [-0.4, -0.2) is 30.3 Å². The minimum absolute atomic E-state index is 0.0405. The average molecular weight is 247 g/mol. The Bertz CT molecular complexity index is 456. The largest absolute Gasteiger partial charge is 0.302 e. The molecular formula is C15H18FNO. The highest BCUT2D eigenvalue weighted by atomic mass is 19.1. The van der Waals surface area contributed by atoms with Crippen LogP contribution in [0.25, 0.3) is 6.08 Å². The summed E-state index contributed by atoms with van der Waals surface area (Å²) < 4.78 is 13.1. The van der Waals surface area contributed by atoms with Gasteiger partial charge in [0.15, 0.2) is 0 Å². The summed E-state index contributed by atoms with van der Waals surface area (Å²) in [6, 6.07) is 6.56. The van der Waals surface area contributed by atoms with Crippen molar-refractivity contribution in [3.05, 3.63) is 41.2 Å². The molecule has 0 bridgehead atoms. The first-order valence-corrected chi connectivity index (χ1v) is 6.33. The molecule has 2 nitrogen and oxygen atoms in total. The van der Waals surface area contributed by atoms with Gasteiger partial charge in [-0.3, -0.25) is 4.90 Å². The van der Waals surface area contributed by atoms with E-state index in [0.29, 0.717) is 0 Å². The lowest BCUT2D eigenvalue weighted by Gasteiger charge is -2.31. The fourth-order valence-corrected chi connectivity index (χ4v) is 2.31. The van der Waals surface area contributed by atoms with Gasteiger partial charge in [-0.25, -0.2) is 4.39 Å². The van der Waals surface area contributed by atoms with Gasteiger partial charge in [-0.15, -0.1) is 0 Å². The van der Waals surface area contributed by atoms with E-state index >= 15 is 0 Å². The molecule has 1 atom stereocenters. The first-order chi connectivity index (χ1) is 8.69. The molecule has 1 fully saturated rings. The van der Waals surface area contributed by atoms with Gasteiger partial charge in [0.25, 0.3) is 0 Å². The predicted molar refractivity (Wildman–Crippen MR) is 70.7 cm³/mol.